The van der Waals surface area contributed by atoms with Crippen molar-refractivity contribution in [3.8, 4) is 0 Å². The predicted octanol–water partition coefficient (Wildman–Crippen LogP) is 2.84. The largest absolute Gasteiger partial charge is 0.353 e. The van der Waals surface area contributed by atoms with E-state index in [4.69, 9.17) is 5.73 Å². The van der Waals surface area contributed by atoms with Crippen molar-refractivity contribution in [1.29, 1.82) is 0 Å². The van der Waals surface area contributed by atoms with Gasteiger partial charge in [0.25, 0.3) is 0 Å². The Morgan fingerprint density at radius 1 is 1.33 bits per heavy atom. The molecule has 0 aromatic carbocycles. The molecular weight excluding hydrogens is 224 g/mol. The van der Waals surface area contributed by atoms with Gasteiger partial charge in [0.1, 0.15) is 0 Å². The van der Waals surface area contributed by atoms with E-state index in [1.165, 1.54) is 38.5 Å². The first-order valence-electron chi connectivity index (χ1n) is 7.54. The summed E-state index contributed by atoms with van der Waals surface area (Å²) in [5, 5.41) is 3.20. The van der Waals surface area contributed by atoms with Crippen LogP contribution in [0.25, 0.3) is 0 Å². The van der Waals surface area contributed by atoms with E-state index in [1.54, 1.807) is 0 Å². The molecule has 0 aromatic rings. The van der Waals surface area contributed by atoms with Gasteiger partial charge in [0, 0.05) is 12.6 Å². The van der Waals surface area contributed by atoms with Gasteiger partial charge in [-0.1, -0.05) is 32.6 Å². The third-order valence-electron chi connectivity index (χ3n) is 4.74. The normalized spacial score (nSPS) is 22.9. The van der Waals surface area contributed by atoms with Crippen LogP contribution in [0.3, 0.4) is 0 Å². The van der Waals surface area contributed by atoms with Crippen molar-refractivity contribution in [2.24, 2.45) is 17.1 Å². The van der Waals surface area contributed by atoms with Crippen LogP contribution in [0, 0.1) is 11.3 Å². The number of rotatable bonds is 5. The van der Waals surface area contributed by atoms with Gasteiger partial charge >= 0.3 is 0 Å². The average Bonchev–Trinajstić information content (AvgIpc) is 2.66. The van der Waals surface area contributed by atoms with Gasteiger partial charge in [0.05, 0.1) is 5.41 Å². The molecule has 0 heterocycles. The van der Waals surface area contributed by atoms with Crippen LogP contribution in [0.5, 0.6) is 0 Å². The SMILES string of the molecule is CCC(C)(CN)C(=O)N[C@@H](C)C1CCCCCC1. The lowest BCUT2D eigenvalue weighted by molar-refractivity contribution is -0.130. The minimum atomic E-state index is -0.404. The summed E-state index contributed by atoms with van der Waals surface area (Å²) in [5.41, 5.74) is 5.33. The van der Waals surface area contributed by atoms with Gasteiger partial charge in [-0.2, -0.15) is 0 Å². The smallest absolute Gasteiger partial charge is 0.227 e. The minimum absolute atomic E-state index is 0.129. The fourth-order valence-corrected chi connectivity index (χ4v) is 2.71. The van der Waals surface area contributed by atoms with Crippen molar-refractivity contribution in [2.45, 2.75) is 71.8 Å². The van der Waals surface area contributed by atoms with Gasteiger partial charge in [-0.15, -0.1) is 0 Å². The van der Waals surface area contributed by atoms with E-state index in [2.05, 4.69) is 12.2 Å². The molecule has 0 radical (unpaired) electrons. The highest BCUT2D eigenvalue weighted by atomic mass is 16.2. The summed E-state index contributed by atoms with van der Waals surface area (Å²) in [5.74, 6) is 0.777. The predicted molar refractivity (Wildman–Crippen MR) is 76.2 cm³/mol. The summed E-state index contributed by atoms with van der Waals surface area (Å²) in [6.07, 6.45) is 8.64. The Morgan fingerprint density at radius 3 is 2.33 bits per heavy atom. The number of hydrogen-bond donors (Lipinski definition) is 2. The molecule has 0 saturated heterocycles. The molecule has 106 valence electrons. The summed E-state index contributed by atoms with van der Waals surface area (Å²) in [6.45, 7) is 6.57. The first kappa shape index (κ1) is 15.5. The molecule has 2 atom stereocenters. The zero-order valence-corrected chi connectivity index (χ0v) is 12.3. The van der Waals surface area contributed by atoms with Crippen molar-refractivity contribution < 1.29 is 4.79 Å². The quantitative estimate of drug-likeness (QED) is 0.741. The third-order valence-corrected chi connectivity index (χ3v) is 4.74. The number of hydrogen-bond acceptors (Lipinski definition) is 2. The molecule has 3 N–H and O–H groups in total. The maximum atomic E-state index is 12.3. The molecule has 1 amide bonds. The minimum Gasteiger partial charge on any atom is -0.353 e. The lowest BCUT2D eigenvalue weighted by Gasteiger charge is -2.30. The molecular formula is C15H30N2O. The highest BCUT2D eigenvalue weighted by Gasteiger charge is 2.31. The summed E-state index contributed by atoms with van der Waals surface area (Å²) in [6, 6.07) is 0.285. The zero-order valence-electron chi connectivity index (χ0n) is 12.3. The lowest BCUT2D eigenvalue weighted by atomic mass is 9.85. The average molecular weight is 254 g/mol. The molecule has 0 aromatic heterocycles. The van der Waals surface area contributed by atoms with Crippen LogP contribution < -0.4 is 11.1 Å². The Kier molecular flexibility index (Phi) is 6.13. The molecule has 1 fully saturated rings. The second-order valence-electron chi connectivity index (χ2n) is 6.13. The Bertz CT molecular complexity index is 253. The van der Waals surface area contributed by atoms with E-state index in [0.717, 1.165) is 6.42 Å². The molecule has 1 aliphatic rings. The first-order valence-corrected chi connectivity index (χ1v) is 7.54. The second kappa shape index (κ2) is 7.13. The number of nitrogens with two attached hydrogens (primary N) is 1. The van der Waals surface area contributed by atoms with Gasteiger partial charge in [-0.25, -0.2) is 0 Å². The van der Waals surface area contributed by atoms with Gasteiger partial charge in [0.15, 0.2) is 0 Å². The standard InChI is InChI=1S/C15H30N2O/c1-4-15(3,11-16)14(18)17-12(2)13-9-7-5-6-8-10-13/h12-13H,4-11,16H2,1-3H3,(H,17,18)/t12-,15?/m0/s1. The Labute approximate surface area is 112 Å². The van der Waals surface area contributed by atoms with Crippen LogP contribution >= 0.6 is 0 Å². The van der Waals surface area contributed by atoms with E-state index in [9.17, 15) is 4.79 Å². The Morgan fingerprint density at radius 2 is 1.89 bits per heavy atom. The zero-order chi connectivity index (χ0) is 13.6. The molecule has 1 aliphatic carbocycles. The van der Waals surface area contributed by atoms with Gasteiger partial charge in [-0.05, 0) is 39.0 Å². The van der Waals surface area contributed by atoms with E-state index in [0.29, 0.717) is 12.5 Å². The Hall–Kier alpha value is -0.570. The molecule has 0 bridgehead atoms. The van der Waals surface area contributed by atoms with Gasteiger partial charge < -0.3 is 11.1 Å². The first-order chi connectivity index (χ1) is 8.53. The van der Waals surface area contributed by atoms with E-state index < -0.39 is 5.41 Å². The molecule has 1 saturated carbocycles. The van der Waals surface area contributed by atoms with E-state index >= 15 is 0 Å². The summed E-state index contributed by atoms with van der Waals surface area (Å²) < 4.78 is 0. The van der Waals surface area contributed by atoms with Crippen molar-refractivity contribution in [1.82, 2.24) is 5.32 Å². The fraction of sp³-hybridized carbons (Fsp3) is 0.933. The molecule has 1 unspecified atom stereocenters. The van der Waals surface area contributed by atoms with Crippen molar-refractivity contribution in [2.75, 3.05) is 6.54 Å². The summed E-state index contributed by atoms with van der Waals surface area (Å²) in [4.78, 5) is 12.3. The van der Waals surface area contributed by atoms with E-state index in [-0.39, 0.29) is 11.9 Å². The maximum absolute atomic E-state index is 12.3. The third kappa shape index (κ3) is 3.98. The van der Waals surface area contributed by atoms with Crippen LogP contribution in [-0.4, -0.2) is 18.5 Å². The summed E-state index contributed by atoms with van der Waals surface area (Å²) in [7, 11) is 0. The van der Waals surface area contributed by atoms with Crippen LogP contribution in [0.15, 0.2) is 0 Å². The number of carbonyl (C=O) groups excluding carboxylic acids is 1. The highest BCUT2D eigenvalue weighted by molar-refractivity contribution is 5.82. The molecule has 1 rings (SSSR count). The fourth-order valence-electron chi connectivity index (χ4n) is 2.71. The van der Waals surface area contributed by atoms with Crippen LogP contribution in [-0.2, 0) is 4.79 Å². The highest BCUT2D eigenvalue weighted by Crippen LogP contribution is 2.26. The molecule has 0 aliphatic heterocycles. The van der Waals surface area contributed by atoms with Crippen molar-refractivity contribution >= 4 is 5.91 Å². The Balaban J connectivity index is 2.52. The molecule has 18 heavy (non-hydrogen) atoms. The molecule has 0 spiro atoms. The van der Waals surface area contributed by atoms with E-state index in [1.807, 2.05) is 13.8 Å². The maximum Gasteiger partial charge on any atom is 0.227 e. The molecule has 3 nitrogen and oxygen atoms in total. The topological polar surface area (TPSA) is 55.1 Å². The lowest BCUT2D eigenvalue weighted by Crippen LogP contribution is -2.48. The summed E-state index contributed by atoms with van der Waals surface area (Å²) >= 11 is 0. The van der Waals surface area contributed by atoms with Crippen molar-refractivity contribution in [3.05, 3.63) is 0 Å². The second-order valence-corrected chi connectivity index (χ2v) is 6.13. The van der Waals surface area contributed by atoms with Crippen LogP contribution in [0.2, 0.25) is 0 Å². The van der Waals surface area contributed by atoms with Gasteiger partial charge in [-0.3, -0.25) is 4.79 Å². The van der Waals surface area contributed by atoms with Crippen molar-refractivity contribution in [3.63, 3.8) is 0 Å². The van der Waals surface area contributed by atoms with Gasteiger partial charge in [0.2, 0.25) is 5.91 Å². The van der Waals surface area contributed by atoms with Crippen LogP contribution in [0.1, 0.15) is 65.7 Å². The number of nitrogens with one attached hydrogen (secondary N) is 1. The molecule has 3 heteroatoms. The van der Waals surface area contributed by atoms with Crippen LogP contribution in [0.4, 0.5) is 0 Å². The number of amides is 1. The number of carbonyl (C=O) groups is 1. The monoisotopic (exact) mass is 254 g/mol.